The lowest BCUT2D eigenvalue weighted by Gasteiger charge is -2.27. The van der Waals surface area contributed by atoms with Crippen molar-refractivity contribution in [1.82, 2.24) is 9.13 Å². The Labute approximate surface area is 389 Å². The summed E-state index contributed by atoms with van der Waals surface area (Å²) in [4.78, 5) is 2.37. The first kappa shape index (κ1) is 38.5. The zero-order chi connectivity index (χ0) is 44.3. The molecule has 0 aliphatic heterocycles. The van der Waals surface area contributed by atoms with E-state index in [9.17, 15) is 0 Å². The fourth-order valence-corrected chi connectivity index (χ4v) is 10.4. The molecule has 3 nitrogen and oxygen atoms in total. The number of para-hydroxylation sites is 6. The average molecular weight is 854 g/mol. The van der Waals surface area contributed by atoms with E-state index in [2.05, 4.69) is 275 Å². The number of hydrogen-bond donors (Lipinski definition) is 0. The van der Waals surface area contributed by atoms with E-state index in [0.29, 0.717) is 0 Å². The predicted molar refractivity (Wildman–Crippen MR) is 284 cm³/mol. The van der Waals surface area contributed by atoms with E-state index in [-0.39, 0.29) is 0 Å². The molecule has 2 heterocycles. The van der Waals surface area contributed by atoms with Crippen molar-refractivity contribution in [3.05, 3.63) is 261 Å². The summed E-state index contributed by atoms with van der Waals surface area (Å²) < 4.78 is 4.78. The van der Waals surface area contributed by atoms with Crippen molar-refractivity contribution in [3.8, 4) is 44.8 Å². The minimum Gasteiger partial charge on any atom is -0.310 e. The van der Waals surface area contributed by atoms with E-state index in [1.807, 2.05) is 0 Å². The molecule has 13 aromatic rings. The SMILES string of the molecule is c1ccc(N(c2ccccc2)c2ccc(-c3cc(-c4ccc5c(c4)c4ccccc4n5-c4ccccc4)cc(-c4ccc5c(c4)c4ccccc4n5-c4ccccc4)c3)c3ccccc23)cc1. The summed E-state index contributed by atoms with van der Waals surface area (Å²) in [6.07, 6.45) is 0. The average Bonchev–Trinajstić information content (AvgIpc) is 3.92. The smallest absolute Gasteiger partial charge is 0.0541 e. The molecule has 0 radical (unpaired) electrons. The van der Waals surface area contributed by atoms with Crippen LogP contribution in [0.4, 0.5) is 17.1 Å². The molecule has 13 rings (SSSR count). The number of rotatable bonds is 8. The van der Waals surface area contributed by atoms with Crippen LogP contribution in [-0.2, 0) is 0 Å². The molecule has 2 aromatic heterocycles. The van der Waals surface area contributed by atoms with Crippen molar-refractivity contribution in [3.63, 3.8) is 0 Å². The molecular formula is C64H43N3. The summed E-state index contributed by atoms with van der Waals surface area (Å²) in [6.45, 7) is 0. The Bertz CT molecular complexity index is 3750. The largest absolute Gasteiger partial charge is 0.310 e. The molecule has 0 unspecified atom stereocenters. The molecule has 0 aliphatic rings. The first-order valence-electron chi connectivity index (χ1n) is 23.0. The van der Waals surface area contributed by atoms with Gasteiger partial charge < -0.3 is 14.0 Å². The Morgan fingerprint density at radius 1 is 0.239 bits per heavy atom. The second-order valence-electron chi connectivity index (χ2n) is 17.3. The van der Waals surface area contributed by atoms with Crippen LogP contribution in [0.1, 0.15) is 0 Å². The molecule has 0 spiro atoms. The van der Waals surface area contributed by atoms with E-state index in [0.717, 1.165) is 28.4 Å². The summed E-state index contributed by atoms with van der Waals surface area (Å²) >= 11 is 0. The molecule has 0 aliphatic carbocycles. The summed E-state index contributed by atoms with van der Waals surface area (Å²) in [5.41, 5.74) is 17.5. The van der Waals surface area contributed by atoms with Crippen LogP contribution >= 0.6 is 0 Å². The van der Waals surface area contributed by atoms with Crippen molar-refractivity contribution in [1.29, 1.82) is 0 Å². The quantitative estimate of drug-likeness (QED) is 0.148. The molecule has 67 heavy (non-hydrogen) atoms. The Hall–Kier alpha value is -8.92. The van der Waals surface area contributed by atoms with Gasteiger partial charge in [-0.15, -0.1) is 0 Å². The van der Waals surface area contributed by atoms with Gasteiger partial charge in [-0.2, -0.15) is 0 Å². The zero-order valence-corrected chi connectivity index (χ0v) is 36.7. The van der Waals surface area contributed by atoms with Crippen molar-refractivity contribution >= 4 is 71.4 Å². The number of fused-ring (bicyclic) bond motifs is 7. The van der Waals surface area contributed by atoms with E-state index in [1.54, 1.807) is 0 Å². The van der Waals surface area contributed by atoms with Crippen LogP contribution in [0.5, 0.6) is 0 Å². The molecule has 3 heteroatoms. The maximum Gasteiger partial charge on any atom is 0.0541 e. The van der Waals surface area contributed by atoms with Gasteiger partial charge >= 0.3 is 0 Å². The third-order valence-electron chi connectivity index (χ3n) is 13.5. The monoisotopic (exact) mass is 853 g/mol. The van der Waals surface area contributed by atoms with Gasteiger partial charge in [0.25, 0.3) is 0 Å². The highest BCUT2D eigenvalue weighted by atomic mass is 15.1. The minimum atomic E-state index is 1.11. The predicted octanol–water partition coefficient (Wildman–Crippen LogP) is 17.5. The fraction of sp³-hybridized carbons (Fsp3) is 0. The third-order valence-corrected chi connectivity index (χ3v) is 13.5. The molecule has 0 atom stereocenters. The number of benzene rings is 11. The van der Waals surface area contributed by atoms with Gasteiger partial charge in [0, 0.05) is 49.7 Å². The van der Waals surface area contributed by atoms with Crippen LogP contribution in [0, 0.1) is 0 Å². The molecule has 11 aromatic carbocycles. The summed E-state index contributed by atoms with van der Waals surface area (Å²) in [5.74, 6) is 0. The molecule has 0 saturated heterocycles. The highest BCUT2D eigenvalue weighted by Crippen LogP contribution is 2.45. The molecule has 0 saturated carbocycles. The first-order chi connectivity index (χ1) is 33.2. The van der Waals surface area contributed by atoms with Crippen LogP contribution in [0.2, 0.25) is 0 Å². The fourth-order valence-electron chi connectivity index (χ4n) is 10.4. The molecular weight excluding hydrogens is 811 g/mol. The zero-order valence-electron chi connectivity index (χ0n) is 36.7. The Morgan fingerprint density at radius 2 is 0.627 bits per heavy atom. The van der Waals surface area contributed by atoms with E-state index in [4.69, 9.17) is 0 Å². The Morgan fingerprint density at radius 3 is 1.12 bits per heavy atom. The van der Waals surface area contributed by atoms with Gasteiger partial charge in [-0.25, -0.2) is 0 Å². The van der Waals surface area contributed by atoms with Crippen molar-refractivity contribution in [2.45, 2.75) is 0 Å². The minimum absolute atomic E-state index is 1.11. The summed E-state index contributed by atoms with van der Waals surface area (Å²) in [5, 5.41) is 7.32. The van der Waals surface area contributed by atoms with Crippen LogP contribution in [0.15, 0.2) is 261 Å². The van der Waals surface area contributed by atoms with E-state index >= 15 is 0 Å². The molecule has 0 bridgehead atoms. The Kier molecular flexibility index (Phi) is 9.17. The van der Waals surface area contributed by atoms with Crippen molar-refractivity contribution in [2.24, 2.45) is 0 Å². The summed E-state index contributed by atoms with van der Waals surface area (Å²) in [6, 6.07) is 95.0. The topological polar surface area (TPSA) is 13.1 Å². The highest BCUT2D eigenvalue weighted by Gasteiger charge is 2.20. The molecule has 0 N–H and O–H groups in total. The maximum atomic E-state index is 2.40. The lowest BCUT2D eigenvalue weighted by atomic mass is 9.90. The molecule has 0 fully saturated rings. The number of anilines is 3. The second-order valence-corrected chi connectivity index (χ2v) is 17.3. The van der Waals surface area contributed by atoms with Gasteiger partial charge in [0.05, 0.1) is 27.8 Å². The van der Waals surface area contributed by atoms with E-state index < -0.39 is 0 Å². The number of aromatic nitrogens is 2. The van der Waals surface area contributed by atoms with Crippen LogP contribution in [0.3, 0.4) is 0 Å². The van der Waals surface area contributed by atoms with Gasteiger partial charge in [0.1, 0.15) is 0 Å². The van der Waals surface area contributed by atoms with Crippen molar-refractivity contribution in [2.75, 3.05) is 4.90 Å². The van der Waals surface area contributed by atoms with Gasteiger partial charge in [-0.3, -0.25) is 0 Å². The third kappa shape index (κ3) is 6.51. The maximum absolute atomic E-state index is 2.40. The Balaban J connectivity index is 1.04. The lowest BCUT2D eigenvalue weighted by Crippen LogP contribution is -2.10. The number of nitrogens with zero attached hydrogens (tertiary/aromatic N) is 3. The highest BCUT2D eigenvalue weighted by molar-refractivity contribution is 6.13. The molecule has 0 amide bonds. The van der Waals surface area contributed by atoms with Gasteiger partial charge in [-0.05, 0) is 148 Å². The first-order valence-corrected chi connectivity index (χ1v) is 23.0. The summed E-state index contributed by atoms with van der Waals surface area (Å²) in [7, 11) is 0. The lowest BCUT2D eigenvalue weighted by molar-refractivity contribution is 1.18. The van der Waals surface area contributed by atoms with Gasteiger partial charge in [0.15, 0.2) is 0 Å². The van der Waals surface area contributed by atoms with Crippen molar-refractivity contribution < 1.29 is 0 Å². The second kappa shape index (κ2) is 16.0. The van der Waals surface area contributed by atoms with Gasteiger partial charge in [0.2, 0.25) is 0 Å². The van der Waals surface area contributed by atoms with Crippen LogP contribution in [-0.4, -0.2) is 9.13 Å². The normalized spacial score (nSPS) is 11.6. The van der Waals surface area contributed by atoms with E-state index in [1.165, 1.54) is 87.8 Å². The molecule has 314 valence electrons. The van der Waals surface area contributed by atoms with Crippen LogP contribution < -0.4 is 4.90 Å². The standard InChI is InChI=1S/C64H43N3/c1-5-19-49(20-6-1)65(50-21-7-2-8-22-50)62-38-35-53(54-27-13-14-28-55(54)62)48-40-46(44-33-36-63-58(42-44)56-29-15-17-31-60(56)66(63)51-23-9-3-10-24-51)39-47(41-48)45-34-37-64-59(43-45)57-30-16-18-32-61(57)67(64)52-25-11-4-12-26-52/h1-43H. The van der Waals surface area contributed by atoms with Gasteiger partial charge in [-0.1, -0.05) is 152 Å². The van der Waals surface area contributed by atoms with Crippen LogP contribution in [0.25, 0.3) is 99.1 Å². The number of hydrogen-bond acceptors (Lipinski definition) is 1.